The lowest BCUT2D eigenvalue weighted by atomic mass is 9.95. The van der Waals surface area contributed by atoms with Crippen molar-refractivity contribution < 1.29 is 4.79 Å². The number of fused-ring (bicyclic) bond motifs is 6. The number of nitrogens with zero attached hydrogens (tertiary/aromatic N) is 2. The quantitative estimate of drug-likeness (QED) is 0.404. The first kappa shape index (κ1) is 16.9. The molecule has 29 heavy (non-hydrogen) atoms. The first-order valence-electron chi connectivity index (χ1n) is 9.76. The molecule has 4 nitrogen and oxygen atoms in total. The lowest BCUT2D eigenvalue weighted by Crippen LogP contribution is -2.50. The first-order valence-corrected chi connectivity index (χ1v) is 10.6. The molecule has 2 aliphatic rings. The molecule has 0 saturated heterocycles. The fraction of sp³-hybridized carbons (Fsp3) is 0.125. The Kier molecular flexibility index (Phi) is 3.62. The number of carbonyl (C=O) groups excluding carboxylic acids is 1. The summed E-state index contributed by atoms with van der Waals surface area (Å²) >= 11 is 3.54. The van der Waals surface area contributed by atoms with E-state index in [1.807, 2.05) is 41.3 Å². The van der Waals surface area contributed by atoms with Crippen LogP contribution in [0.3, 0.4) is 0 Å². The number of benzene rings is 3. The van der Waals surface area contributed by atoms with Gasteiger partial charge >= 0.3 is 0 Å². The van der Waals surface area contributed by atoms with Gasteiger partial charge in [-0.2, -0.15) is 0 Å². The molecular formula is C24H18BrN3O. The van der Waals surface area contributed by atoms with Crippen molar-refractivity contribution >= 4 is 44.1 Å². The third kappa shape index (κ3) is 2.40. The minimum absolute atomic E-state index is 0.100. The van der Waals surface area contributed by atoms with Crippen molar-refractivity contribution in [1.82, 2.24) is 9.88 Å². The summed E-state index contributed by atoms with van der Waals surface area (Å²) in [6, 6.07) is 24.6. The fourth-order valence-corrected chi connectivity index (χ4v) is 5.00. The summed E-state index contributed by atoms with van der Waals surface area (Å²) in [4.78, 5) is 21.3. The number of hydrogen-bond acceptors (Lipinski definition) is 2. The smallest absolute Gasteiger partial charge is 0.257 e. The van der Waals surface area contributed by atoms with E-state index < -0.39 is 0 Å². The van der Waals surface area contributed by atoms with Crippen LogP contribution >= 0.6 is 15.9 Å². The summed E-state index contributed by atoms with van der Waals surface area (Å²) in [5.74, 6) is 0.100. The molecule has 1 amide bonds. The van der Waals surface area contributed by atoms with Crippen molar-refractivity contribution in [3.05, 3.63) is 94.1 Å². The lowest BCUT2D eigenvalue weighted by Gasteiger charge is -2.47. The molecule has 0 bridgehead atoms. The van der Waals surface area contributed by atoms with Crippen LogP contribution in [0.2, 0.25) is 0 Å². The summed E-state index contributed by atoms with van der Waals surface area (Å²) in [6.07, 6.45) is 0.674. The van der Waals surface area contributed by atoms with E-state index in [-0.39, 0.29) is 12.1 Å². The lowest BCUT2D eigenvalue weighted by molar-refractivity contribution is 0.0642. The third-order valence-corrected chi connectivity index (χ3v) is 6.54. The molecule has 142 valence electrons. The minimum atomic E-state index is -0.185. The van der Waals surface area contributed by atoms with Gasteiger partial charge in [0, 0.05) is 27.6 Å². The predicted octanol–water partition coefficient (Wildman–Crippen LogP) is 5.78. The van der Waals surface area contributed by atoms with Crippen LogP contribution in [0.4, 0.5) is 11.4 Å². The molecule has 3 aromatic carbocycles. The molecule has 0 saturated carbocycles. The van der Waals surface area contributed by atoms with E-state index in [1.165, 1.54) is 10.9 Å². The Hall–Kier alpha value is -3.05. The van der Waals surface area contributed by atoms with Crippen LogP contribution in [0.5, 0.6) is 0 Å². The number of aromatic amines is 1. The molecule has 4 aromatic rings. The molecule has 1 unspecified atom stereocenters. The van der Waals surface area contributed by atoms with Gasteiger partial charge in [0.2, 0.25) is 0 Å². The molecule has 0 fully saturated rings. The summed E-state index contributed by atoms with van der Waals surface area (Å²) in [5.41, 5.74) is 6.33. The number of H-pyrrole nitrogens is 1. The van der Waals surface area contributed by atoms with Gasteiger partial charge < -0.3 is 14.8 Å². The maximum absolute atomic E-state index is 13.4. The maximum atomic E-state index is 13.4. The van der Waals surface area contributed by atoms with Crippen LogP contribution in [0.1, 0.15) is 27.8 Å². The second-order valence-corrected chi connectivity index (χ2v) is 8.46. The monoisotopic (exact) mass is 443 g/mol. The van der Waals surface area contributed by atoms with E-state index in [0.717, 1.165) is 39.0 Å². The highest BCUT2D eigenvalue weighted by molar-refractivity contribution is 9.10. The summed E-state index contributed by atoms with van der Waals surface area (Å²) in [7, 11) is 0. The van der Waals surface area contributed by atoms with Crippen molar-refractivity contribution in [2.75, 3.05) is 11.4 Å². The number of para-hydroxylation sites is 2. The average Bonchev–Trinajstić information content (AvgIpc) is 3.14. The standard InChI is InChI=1S/C24H18BrN3O/c25-15-9-11-16(12-10-15)28-21-8-4-2-6-19(21)24(29)27-14-13-18-17-5-1-3-7-20(17)26-22(18)23(27)28/h1-12,23,26H,13-14H2. The molecule has 1 N–H and O–H groups in total. The normalized spacial score (nSPS) is 17.8. The van der Waals surface area contributed by atoms with Crippen LogP contribution in [0.25, 0.3) is 10.9 Å². The highest BCUT2D eigenvalue weighted by Crippen LogP contribution is 2.47. The van der Waals surface area contributed by atoms with Gasteiger partial charge in [-0.05, 0) is 54.4 Å². The predicted molar refractivity (Wildman–Crippen MR) is 119 cm³/mol. The second-order valence-electron chi connectivity index (χ2n) is 7.55. The first-order chi connectivity index (χ1) is 14.2. The van der Waals surface area contributed by atoms with Crippen LogP contribution in [0, 0.1) is 0 Å². The Morgan fingerprint density at radius 2 is 1.69 bits per heavy atom. The fourth-order valence-electron chi connectivity index (χ4n) is 4.74. The average molecular weight is 444 g/mol. The van der Waals surface area contributed by atoms with E-state index in [2.05, 4.69) is 62.2 Å². The number of carbonyl (C=O) groups is 1. The van der Waals surface area contributed by atoms with Crippen molar-refractivity contribution in [2.45, 2.75) is 12.6 Å². The molecule has 0 aliphatic carbocycles. The van der Waals surface area contributed by atoms with Gasteiger partial charge in [0.05, 0.1) is 16.9 Å². The SMILES string of the molecule is O=C1c2ccccc2N(c2ccc(Br)cc2)C2c3[nH]c4ccccc4c3CCN12. The topological polar surface area (TPSA) is 39.3 Å². The zero-order valence-corrected chi connectivity index (χ0v) is 17.2. The van der Waals surface area contributed by atoms with Gasteiger partial charge in [0.1, 0.15) is 0 Å². The Morgan fingerprint density at radius 1 is 0.931 bits per heavy atom. The number of rotatable bonds is 1. The van der Waals surface area contributed by atoms with Gasteiger partial charge in [0.15, 0.2) is 6.17 Å². The Bertz CT molecular complexity index is 1260. The molecule has 0 spiro atoms. The van der Waals surface area contributed by atoms with E-state index in [0.29, 0.717) is 6.54 Å². The Morgan fingerprint density at radius 3 is 2.55 bits per heavy atom. The molecule has 3 heterocycles. The maximum Gasteiger partial charge on any atom is 0.257 e. The number of hydrogen-bond donors (Lipinski definition) is 1. The molecule has 2 aliphatic heterocycles. The van der Waals surface area contributed by atoms with Crippen LogP contribution < -0.4 is 4.90 Å². The minimum Gasteiger partial charge on any atom is -0.355 e. The van der Waals surface area contributed by atoms with Crippen molar-refractivity contribution in [3.63, 3.8) is 0 Å². The highest BCUT2D eigenvalue weighted by Gasteiger charge is 2.43. The molecule has 1 aromatic heterocycles. The van der Waals surface area contributed by atoms with Crippen LogP contribution in [-0.4, -0.2) is 22.3 Å². The van der Waals surface area contributed by atoms with E-state index >= 15 is 0 Å². The molecule has 5 heteroatoms. The second kappa shape index (κ2) is 6.22. The summed E-state index contributed by atoms with van der Waals surface area (Å²) in [5, 5.41) is 1.25. The van der Waals surface area contributed by atoms with Gasteiger partial charge in [-0.15, -0.1) is 0 Å². The Balaban J connectivity index is 1.63. The van der Waals surface area contributed by atoms with Gasteiger partial charge in [-0.3, -0.25) is 4.79 Å². The summed E-state index contributed by atoms with van der Waals surface area (Å²) < 4.78 is 1.04. The number of anilines is 2. The van der Waals surface area contributed by atoms with Crippen molar-refractivity contribution in [2.24, 2.45) is 0 Å². The van der Waals surface area contributed by atoms with Gasteiger partial charge in [0.25, 0.3) is 5.91 Å². The third-order valence-electron chi connectivity index (χ3n) is 6.01. The number of nitrogens with one attached hydrogen (secondary N) is 1. The number of halogens is 1. The van der Waals surface area contributed by atoms with Crippen LogP contribution in [-0.2, 0) is 6.42 Å². The van der Waals surface area contributed by atoms with E-state index in [1.54, 1.807) is 0 Å². The molecule has 6 rings (SSSR count). The zero-order valence-electron chi connectivity index (χ0n) is 15.6. The highest BCUT2D eigenvalue weighted by atomic mass is 79.9. The van der Waals surface area contributed by atoms with Gasteiger partial charge in [-0.25, -0.2) is 0 Å². The van der Waals surface area contributed by atoms with Gasteiger partial charge in [-0.1, -0.05) is 46.3 Å². The Labute approximate surface area is 176 Å². The van der Waals surface area contributed by atoms with Crippen molar-refractivity contribution in [3.8, 4) is 0 Å². The van der Waals surface area contributed by atoms with Crippen molar-refractivity contribution in [1.29, 1.82) is 0 Å². The largest absolute Gasteiger partial charge is 0.355 e. The molecule has 1 atom stereocenters. The van der Waals surface area contributed by atoms with Crippen LogP contribution in [0.15, 0.2) is 77.3 Å². The molecular weight excluding hydrogens is 426 g/mol. The molecule has 0 radical (unpaired) electrons. The number of aromatic nitrogens is 1. The summed E-state index contributed by atoms with van der Waals surface area (Å²) in [6.45, 7) is 0.708. The van der Waals surface area contributed by atoms with E-state index in [4.69, 9.17) is 0 Å². The number of amides is 1. The zero-order chi connectivity index (χ0) is 19.5. The van der Waals surface area contributed by atoms with E-state index in [9.17, 15) is 4.79 Å².